The average Bonchev–Trinajstić information content (AvgIpc) is 2.38. The summed E-state index contributed by atoms with van der Waals surface area (Å²) in [6, 6.07) is 10.9. The summed E-state index contributed by atoms with van der Waals surface area (Å²) in [5.74, 6) is 4.50. The molecule has 0 amide bonds. The van der Waals surface area contributed by atoms with Gasteiger partial charge in [0.2, 0.25) is 0 Å². The lowest BCUT2D eigenvalue weighted by atomic mass is 10.0. The van der Waals surface area contributed by atoms with Crippen molar-refractivity contribution in [3.63, 3.8) is 0 Å². The summed E-state index contributed by atoms with van der Waals surface area (Å²) < 4.78 is 4.72. The third-order valence-corrected chi connectivity index (χ3v) is 2.47. The maximum atomic E-state index is 11.2. The van der Waals surface area contributed by atoms with Gasteiger partial charge in [-0.2, -0.15) is 0 Å². The zero-order chi connectivity index (χ0) is 13.0. The van der Waals surface area contributed by atoms with E-state index in [1.165, 1.54) is 0 Å². The minimum Gasteiger partial charge on any atom is -0.507 e. The molecule has 1 N–H and O–H groups in total. The number of carbonyl (C=O) groups excluding carboxylic acids is 1. The first-order valence-corrected chi connectivity index (χ1v) is 5.62. The second-order valence-corrected chi connectivity index (χ2v) is 3.65. The van der Waals surface area contributed by atoms with Gasteiger partial charge in [0, 0.05) is 11.3 Å². The molecule has 0 bridgehead atoms. The van der Waals surface area contributed by atoms with Gasteiger partial charge in [-0.3, -0.25) is 0 Å². The summed E-state index contributed by atoms with van der Waals surface area (Å²) in [5, 5.41) is 11.6. The minimum absolute atomic E-state index is 0.0606. The van der Waals surface area contributed by atoms with E-state index < -0.39 is 5.97 Å². The maximum Gasteiger partial charge on any atom is 0.384 e. The Morgan fingerprint density at radius 1 is 1.28 bits per heavy atom. The van der Waals surface area contributed by atoms with Crippen molar-refractivity contribution < 1.29 is 14.6 Å². The number of phenols is 1. The lowest BCUT2D eigenvalue weighted by Crippen LogP contribution is -1.99. The summed E-state index contributed by atoms with van der Waals surface area (Å²) in [7, 11) is 0. The van der Waals surface area contributed by atoms with Crippen LogP contribution in [-0.4, -0.2) is 17.7 Å². The van der Waals surface area contributed by atoms with Crippen LogP contribution >= 0.6 is 0 Å². The predicted octanol–water partition coefficient (Wildman–Crippen LogP) is 2.46. The number of fused-ring (bicyclic) bond motifs is 1. The Morgan fingerprint density at radius 3 is 2.83 bits per heavy atom. The molecule has 0 aliphatic heterocycles. The van der Waals surface area contributed by atoms with Crippen molar-refractivity contribution in [1.29, 1.82) is 0 Å². The fourth-order valence-corrected chi connectivity index (χ4v) is 1.67. The molecule has 0 aliphatic rings. The number of aromatic hydroxyl groups is 1. The van der Waals surface area contributed by atoms with Gasteiger partial charge in [0.25, 0.3) is 0 Å². The van der Waals surface area contributed by atoms with Gasteiger partial charge in [-0.1, -0.05) is 36.3 Å². The SMILES string of the molecule is CCOC(=O)C#Cc1c(O)ccc2ccccc12. The fraction of sp³-hybridized carbons (Fsp3) is 0.133. The molecule has 0 unspecified atom stereocenters. The van der Waals surface area contributed by atoms with Crippen LogP contribution in [0.15, 0.2) is 36.4 Å². The Labute approximate surface area is 105 Å². The number of carbonyl (C=O) groups is 1. The van der Waals surface area contributed by atoms with Crippen molar-refractivity contribution in [2.24, 2.45) is 0 Å². The molecule has 2 aromatic rings. The van der Waals surface area contributed by atoms with Crippen LogP contribution in [0.25, 0.3) is 10.8 Å². The standard InChI is InChI=1S/C15H12O3/c1-2-18-15(17)10-8-13-12-6-4-3-5-11(12)7-9-14(13)16/h3-7,9,16H,2H2,1H3. The van der Waals surface area contributed by atoms with Gasteiger partial charge in [-0.25, -0.2) is 4.79 Å². The van der Waals surface area contributed by atoms with E-state index in [2.05, 4.69) is 11.8 Å². The minimum atomic E-state index is -0.593. The van der Waals surface area contributed by atoms with Gasteiger partial charge < -0.3 is 9.84 Å². The number of hydrogen-bond donors (Lipinski definition) is 1. The van der Waals surface area contributed by atoms with Crippen molar-refractivity contribution in [2.75, 3.05) is 6.61 Å². The maximum absolute atomic E-state index is 11.2. The Bertz CT molecular complexity index is 648. The van der Waals surface area contributed by atoms with Gasteiger partial charge in [-0.05, 0) is 18.4 Å². The molecule has 2 rings (SSSR count). The van der Waals surface area contributed by atoms with Crippen molar-refractivity contribution in [3.8, 4) is 17.6 Å². The molecule has 0 aromatic heterocycles. The quantitative estimate of drug-likeness (QED) is 0.615. The normalized spacial score (nSPS) is 9.61. The number of phenolic OH excluding ortho intramolecular Hbond substituents is 1. The first-order chi connectivity index (χ1) is 8.72. The fourth-order valence-electron chi connectivity index (χ4n) is 1.67. The van der Waals surface area contributed by atoms with Crippen LogP contribution in [0.4, 0.5) is 0 Å². The number of rotatable bonds is 1. The van der Waals surface area contributed by atoms with Crippen LogP contribution < -0.4 is 0 Å². The van der Waals surface area contributed by atoms with E-state index in [0.717, 1.165) is 10.8 Å². The molecule has 2 aromatic carbocycles. The van der Waals surface area contributed by atoms with Gasteiger partial charge in [0.1, 0.15) is 5.75 Å². The molecule has 90 valence electrons. The molecule has 0 aliphatic carbocycles. The van der Waals surface area contributed by atoms with Gasteiger partial charge in [0.05, 0.1) is 12.2 Å². The van der Waals surface area contributed by atoms with E-state index >= 15 is 0 Å². The van der Waals surface area contributed by atoms with E-state index in [4.69, 9.17) is 4.74 Å². The van der Waals surface area contributed by atoms with Gasteiger partial charge in [-0.15, -0.1) is 0 Å². The van der Waals surface area contributed by atoms with Crippen molar-refractivity contribution in [3.05, 3.63) is 42.0 Å². The van der Waals surface area contributed by atoms with Crippen LogP contribution in [-0.2, 0) is 9.53 Å². The first-order valence-electron chi connectivity index (χ1n) is 5.62. The lowest BCUT2D eigenvalue weighted by molar-refractivity contribution is -0.136. The second kappa shape index (κ2) is 5.24. The van der Waals surface area contributed by atoms with Crippen molar-refractivity contribution in [1.82, 2.24) is 0 Å². The monoisotopic (exact) mass is 240 g/mol. The van der Waals surface area contributed by atoms with Crippen LogP contribution in [0.5, 0.6) is 5.75 Å². The number of hydrogen-bond acceptors (Lipinski definition) is 3. The van der Waals surface area contributed by atoms with E-state index in [1.807, 2.05) is 24.3 Å². The summed E-state index contributed by atoms with van der Waals surface area (Å²) >= 11 is 0. The highest BCUT2D eigenvalue weighted by atomic mass is 16.5. The van der Waals surface area contributed by atoms with E-state index in [1.54, 1.807) is 19.1 Å². The number of ether oxygens (including phenoxy) is 1. The predicted molar refractivity (Wildman–Crippen MR) is 69.1 cm³/mol. The lowest BCUT2D eigenvalue weighted by Gasteiger charge is -2.02. The van der Waals surface area contributed by atoms with Crippen LogP contribution in [0, 0.1) is 11.8 Å². The molecule has 0 fully saturated rings. The summed E-state index contributed by atoms with van der Waals surface area (Å²) in [4.78, 5) is 11.2. The Morgan fingerprint density at radius 2 is 2.06 bits per heavy atom. The zero-order valence-electron chi connectivity index (χ0n) is 9.93. The topological polar surface area (TPSA) is 46.5 Å². The third kappa shape index (κ3) is 2.44. The van der Waals surface area contributed by atoms with Gasteiger partial charge in [0.15, 0.2) is 0 Å². The molecule has 3 heteroatoms. The molecule has 0 saturated carbocycles. The zero-order valence-corrected chi connectivity index (χ0v) is 9.93. The molecule has 18 heavy (non-hydrogen) atoms. The highest BCUT2D eigenvalue weighted by molar-refractivity contribution is 5.94. The third-order valence-electron chi connectivity index (χ3n) is 2.47. The summed E-state index contributed by atoms with van der Waals surface area (Å²) in [5.41, 5.74) is 0.446. The molecular weight excluding hydrogens is 228 g/mol. The first kappa shape index (κ1) is 12.0. The van der Waals surface area contributed by atoms with Gasteiger partial charge >= 0.3 is 5.97 Å². The molecular formula is C15H12O3. The van der Waals surface area contributed by atoms with E-state index in [-0.39, 0.29) is 12.4 Å². The van der Waals surface area contributed by atoms with E-state index in [0.29, 0.717) is 5.56 Å². The smallest absolute Gasteiger partial charge is 0.384 e. The molecule has 3 nitrogen and oxygen atoms in total. The Hall–Kier alpha value is -2.47. The average molecular weight is 240 g/mol. The van der Waals surface area contributed by atoms with E-state index in [9.17, 15) is 9.90 Å². The Balaban J connectivity index is 2.49. The highest BCUT2D eigenvalue weighted by Crippen LogP contribution is 2.25. The number of esters is 1. The highest BCUT2D eigenvalue weighted by Gasteiger charge is 2.04. The second-order valence-electron chi connectivity index (χ2n) is 3.65. The van der Waals surface area contributed by atoms with Crippen LogP contribution in [0.1, 0.15) is 12.5 Å². The summed E-state index contributed by atoms with van der Waals surface area (Å²) in [6.45, 7) is 2.00. The largest absolute Gasteiger partial charge is 0.507 e. The molecule has 0 heterocycles. The van der Waals surface area contributed by atoms with Crippen molar-refractivity contribution >= 4 is 16.7 Å². The van der Waals surface area contributed by atoms with Crippen molar-refractivity contribution in [2.45, 2.75) is 6.92 Å². The molecule has 0 spiro atoms. The molecule has 0 saturated heterocycles. The molecule has 0 radical (unpaired) electrons. The Kier molecular flexibility index (Phi) is 3.49. The molecule has 0 atom stereocenters. The van der Waals surface area contributed by atoms with Crippen LogP contribution in [0.3, 0.4) is 0 Å². The summed E-state index contributed by atoms with van der Waals surface area (Å²) in [6.07, 6.45) is 0. The number of benzene rings is 2. The van der Waals surface area contributed by atoms with Crippen LogP contribution in [0.2, 0.25) is 0 Å².